The molecule has 1 aromatic heterocycles. The molecule has 7 nitrogen and oxygen atoms in total. The molecule has 0 aliphatic carbocycles. The van der Waals surface area contributed by atoms with Crippen molar-refractivity contribution in [3.8, 4) is 6.07 Å². The van der Waals surface area contributed by atoms with Crippen LogP contribution in [0, 0.1) is 18.3 Å². The molecule has 9 heteroatoms. The predicted octanol–water partition coefficient (Wildman–Crippen LogP) is 6.42. The predicted molar refractivity (Wildman–Crippen MR) is 154 cm³/mol. The van der Waals surface area contributed by atoms with Gasteiger partial charge in [-0.15, -0.1) is 0 Å². The number of aryl methyl sites for hydroxylation is 1. The Kier molecular flexibility index (Phi) is 9.22. The number of hydrogen-bond donors (Lipinski definition) is 1. The first kappa shape index (κ1) is 28.8. The molecule has 0 spiro atoms. The van der Waals surface area contributed by atoms with Crippen LogP contribution in [-0.2, 0) is 27.9 Å². The van der Waals surface area contributed by atoms with Crippen molar-refractivity contribution in [3.05, 3.63) is 130 Å². The van der Waals surface area contributed by atoms with Gasteiger partial charge in [0.1, 0.15) is 23.2 Å². The van der Waals surface area contributed by atoms with Crippen LogP contribution in [0.3, 0.4) is 0 Å². The number of nitriles is 1. The maximum absolute atomic E-state index is 13.6. The number of nitrogens with zero attached hydrogens (tertiary/aromatic N) is 2. The highest BCUT2D eigenvalue weighted by Gasteiger charge is 2.26. The van der Waals surface area contributed by atoms with E-state index in [9.17, 15) is 18.5 Å². The summed E-state index contributed by atoms with van der Waals surface area (Å²) in [6.45, 7) is 3.74. The quantitative estimate of drug-likeness (QED) is 0.174. The van der Waals surface area contributed by atoms with E-state index in [4.69, 9.17) is 16.0 Å². The number of halogens is 1. The third-order valence-corrected chi connectivity index (χ3v) is 8.30. The van der Waals surface area contributed by atoms with Gasteiger partial charge in [-0.3, -0.25) is 4.79 Å². The van der Waals surface area contributed by atoms with Gasteiger partial charge in [-0.25, -0.2) is 8.42 Å². The largest absolute Gasteiger partial charge is 0.460 e. The molecule has 40 heavy (non-hydrogen) atoms. The van der Waals surface area contributed by atoms with Crippen molar-refractivity contribution in [2.45, 2.75) is 37.9 Å². The fraction of sp³-hybridized carbons (Fsp3) is 0.161. The molecule has 0 aliphatic rings. The first-order chi connectivity index (χ1) is 19.2. The number of furan rings is 1. The van der Waals surface area contributed by atoms with Gasteiger partial charge in [0.15, 0.2) is 0 Å². The molecule has 1 atom stereocenters. The summed E-state index contributed by atoms with van der Waals surface area (Å²) in [7, 11) is -3.89. The standard InChI is InChI=1S/C31H28ClN3O4S/c1-22-8-16-30(17-9-22)40(37,38)35(20-24-10-12-27(32)13-11-24)21-29-15-14-28(39-29)18-26(19-33)31(36)34-23(2)25-6-4-3-5-7-25/h3-18,23H,20-21H2,1-2H3,(H,34,36)/b26-18-/t23-/m1/s1. The van der Waals surface area contributed by atoms with Crippen molar-refractivity contribution in [1.29, 1.82) is 5.26 Å². The molecule has 0 fully saturated rings. The van der Waals surface area contributed by atoms with Crippen LogP contribution < -0.4 is 5.32 Å². The second-order valence-corrected chi connectivity index (χ2v) is 11.7. The first-order valence-electron chi connectivity index (χ1n) is 12.5. The van der Waals surface area contributed by atoms with Gasteiger partial charge in [-0.1, -0.05) is 71.8 Å². The summed E-state index contributed by atoms with van der Waals surface area (Å²) < 4.78 is 34.4. The molecule has 0 aliphatic heterocycles. The molecule has 4 rings (SSSR count). The van der Waals surface area contributed by atoms with Crippen LogP contribution in [0.15, 0.2) is 106 Å². The zero-order valence-corrected chi connectivity index (χ0v) is 23.6. The zero-order valence-electron chi connectivity index (χ0n) is 22.0. The molecule has 4 aromatic rings. The number of sulfonamides is 1. The minimum absolute atomic E-state index is 0.0637. The average Bonchev–Trinajstić information content (AvgIpc) is 3.40. The van der Waals surface area contributed by atoms with Crippen molar-refractivity contribution in [3.63, 3.8) is 0 Å². The van der Waals surface area contributed by atoms with Crippen molar-refractivity contribution in [2.24, 2.45) is 0 Å². The van der Waals surface area contributed by atoms with Crippen molar-refractivity contribution in [1.82, 2.24) is 9.62 Å². The van der Waals surface area contributed by atoms with Crippen LogP contribution in [0.1, 0.15) is 41.2 Å². The molecule has 3 aromatic carbocycles. The lowest BCUT2D eigenvalue weighted by Gasteiger charge is -2.21. The summed E-state index contributed by atoms with van der Waals surface area (Å²) in [6.07, 6.45) is 1.34. The molecule has 0 unspecified atom stereocenters. The number of rotatable bonds is 10. The van der Waals surface area contributed by atoms with Gasteiger partial charge in [0, 0.05) is 17.6 Å². The van der Waals surface area contributed by atoms with E-state index in [2.05, 4.69) is 5.32 Å². The molecule has 0 bridgehead atoms. The molecule has 204 valence electrons. The Labute approximate surface area is 239 Å². The molecule has 1 N–H and O–H groups in total. The van der Waals surface area contributed by atoms with Crippen LogP contribution >= 0.6 is 11.6 Å². The third-order valence-electron chi connectivity index (χ3n) is 6.24. The van der Waals surface area contributed by atoms with Crippen molar-refractivity contribution in [2.75, 3.05) is 0 Å². The Morgan fingerprint density at radius 2 is 1.68 bits per heavy atom. The second kappa shape index (κ2) is 12.8. The first-order valence-corrected chi connectivity index (χ1v) is 14.3. The van der Waals surface area contributed by atoms with E-state index in [0.29, 0.717) is 10.8 Å². The van der Waals surface area contributed by atoms with Crippen LogP contribution in [0.2, 0.25) is 5.02 Å². The minimum atomic E-state index is -3.89. The summed E-state index contributed by atoms with van der Waals surface area (Å²) in [5, 5.41) is 13.0. The second-order valence-electron chi connectivity index (χ2n) is 9.29. The van der Waals surface area contributed by atoms with Gasteiger partial charge in [-0.2, -0.15) is 9.57 Å². The lowest BCUT2D eigenvalue weighted by Crippen LogP contribution is -2.30. The molecular weight excluding hydrogens is 546 g/mol. The highest BCUT2D eigenvalue weighted by atomic mass is 35.5. The monoisotopic (exact) mass is 573 g/mol. The third kappa shape index (κ3) is 7.27. The summed E-state index contributed by atoms with van der Waals surface area (Å²) in [6, 6.07) is 27.8. The van der Waals surface area contributed by atoms with Crippen molar-refractivity contribution >= 4 is 33.6 Å². The maximum atomic E-state index is 13.6. The van der Waals surface area contributed by atoms with E-state index in [1.54, 1.807) is 60.7 Å². The van der Waals surface area contributed by atoms with Crippen molar-refractivity contribution < 1.29 is 17.6 Å². The van der Waals surface area contributed by atoms with E-state index >= 15 is 0 Å². The number of amides is 1. The lowest BCUT2D eigenvalue weighted by molar-refractivity contribution is -0.117. The van der Waals surface area contributed by atoms with E-state index < -0.39 is 15.9 Å². The topological polar surface area (TPSA) is 103 Å². The van der Waals surface area contributed by atoms with Gasteiger partial charge in [-0.05, 0) is 61.4 Å². The Hall–Kier alpha value is -4.16. The van der Waals surface area contributed by atoms with Crippen LogP contribution in [0.25, 0.3) is 6.08 Å². The summed E-state index contributed by atoms with van der Waals surface area (Å²) >= 11 is 6.01. The number of carbonyl (C=O) groups is 1. The zero-order chi connectivity index (χ0) is 28.7. The van der Waals surface area contributed by atoms with E-state index in [0.717, 1.165) is 16.7 Å². The van der Waals surface area contributed by atoms with Gasteiger partial charge >= 0.3 is 0 Å². The summed E-state index contributed by atoms with van der Waals surface area (Å²) in [5.74, 6) is 0.0719. The molecular formula is C31H28ClN3O4S. The average molecular weight is 574 g/mol. The Morgan fingerprint density at radius 1 is 1.00 bits per heavy atom. The lowest BCUT2D eigenvalue weighted by atomic mass is 10.1. The highest BCUT2D eigenvalue weighted by molar-refractivity contribution is 7.89. The summed E-state index contributed by atoms with van der Waals surface area (Å²) in [5.41, 5.74) is 2.47. The van der Waals surface area contributed by atoms with E-state index in [1.165, 1.54) is 10.4 Å². The molecule has 1 heterocycles. The van der Waals surface area contributed by atoms with Gasteiger partial charge in [0.25, 0.3) is 5.91 Å². The van der Waals surface area contributed by atoms with Crippen LogP contribution in [0.4, 0.5) is 0 Å². The minimum Gasteiger partial charge on any atom is -0.460 e. The van der Waals surface area contributed by atoms with E-state index in [1.807, 2.05) is 50.2 Å². The smallest absolute Gasteiger partial charge is 0.262 e. The number of nitrogens with one attached hydrogen (secondary N) is 1. The molecule has 0 saturated carbocycles. The Bertz CT molecular complexity index is 1640. The number of benzene rings is 3. The molecule has 0 saturated heterocycles. The van der Waals surface area contributed by atoms with E-state index in [-0.39, 0.29) is 35.4 Å². The maximum Gasteiger partial charge on any atom is 0.262 e. The van der Waals surface area contributed by atoms with Crippen LogP contribution in [0.5, 0.6) is 0 Å². The molecule has 0 radical (unpaired) electrons. The molecule has 1 amide bonds. The van der Waals surface area contributed by atoms with Gasteiger partial charge < -0.3 is 9.73 Å². The number of hydrogen-bond acceptors (Lipinski definition) is 5. The summed E-state index contributed by atoms with van der Waals surface area (Å²) in [4.78, 5) is 12.9. The SMILES string of the molecule is Cc1ccc(S(=O)(=O)N(Cc2ccc(Cl)cc2)Cc2ccc(/C=C(/C#N)C(=O)N[C@H](C)c3ccccc3)o2)cc1. The normalized spacial score (nSPS) is 12.6. The van der Waals surface area contributed by atoms with Gasteiger partial charge in [0.2, 0.25) is 10.0 Å². The highest BCUT2D eigenvalue weighted by Crippen LogP contribution is 2.24. The van der Waals surface area contributed by atoms with Crippen LogP contribution in [-0.4, -0.2) is 18.6 Å². The fourth-order valence-electron chi connectivity index (χ4n) is 4.00. The Balaban J connectivity index is 1.56. The number of carbonyl (C=O) groups excluding carboxylic acids is 1. The fourth-order valence-corrected chi connectivity index (χ4v) is 5.52. The van der Waals surface area contributed by atoms with Gasteiger partial charge in [0.05, 0.1) is 17.5 Å². The Morgan fingerprint density at radius 3 is 2.33 bits per heavy atom.